The van der Waals surface area contributed by atoms with Crippen LogP contribution < -0.4 is 5.32 Å². The zero-order valence-electron chi connectivity index (χ0n) is 10.5. The minimum Gasteiger partial charge on any atom is -0.332 e. The molecule has 0 spiro atoms. The Morgan fingerprint density at radius 1 is 1.65 bits per heavy atom. The molecule has 4 heteroatoms. The number of carbonyl (C=O) groups is 1. The van der Waals surface area contributed by atoms with Crippen LogP contribution in [-0.2, 0) is 0 Å². The summed E-state index contributed by atoms with van der Waals surface area (Å²) < 4.78 is 0. The lowest BCUT2D eigenvalue weighted by Crippen LogP contribution is -2.53. The number of nitrogens with one attached hydrogen (secondary N) is 1. The monoisotopic (exact) mass is 252 g/mol. The van der Waals surface area contributed by atoms with Crippen molar-refractivity contribution in [1.82, 2.24) is 10.2 Å². The molecule has 0 bridgehead atoms. The zero-order valence-corrected chi connectivity index (χ0v) is 11.3. The summed E-state index contributed by atoms with van der Waals surface area (Å²) >= 11 is 1.53. The van der Waals surface area contributed by atoms with E-state index in [1.165, 1.54) is 11.3 Å². The van der Waals surface area contributed by atoms with Crippen molar-refractivity contribution in [1.29, 1.82) is 0 Å². The average molecular weight is 252 g/mol. The summed E-state index contributed by atoms with van der Waals surface area (Å²) in [6.45, 7) is 7.08. The fraction of sp³-hybridized carbons (Fsp3) is 0.615. The molecule has 0 saturated carbocycles. The Morgan fingerprint density at radius 3 is 3.12 bits per heavy atom. The molecule has 94 valence electrons. The number of piperazine rings is 1. The van der Waals surface area contributed by atoms with Crippen LogP contribution >= 0.6 is 11.3 Å². The van der Waals surface area contributed by atoms with Gasteiger partial charge >= 0.3 is 0 Å². The molecule has 2 rings (SSSR count). The van der Waals surface area contributed by atoms with Gasteiger partial charge in [0.05, 0.1) is 4.88 Å². The molecule has 0 radical (unpaired) electrons. The lowest BCUT2D eigenvalue weighted by atomic mass is 10.0. The SMILES string of the molecule is CC(C)CC1CNCCN1C(=O)c1cccs1. The molecule has 1 amide bonds. The van der Waals surface area contributed by atoms with Crippen LogP contribution in [0.2, 0.25) is 0 Å². The van der Waals surface area contributed by atoms with Crippen LogP contribution in [0.5, 0.6) is 0 Å². The van der Waals surface area contributed by atoms with E-state index in [0.717, 1.165) is 30.9 Å². The van der Waals surface area contributed by atoms with Gasteiger partial charge in [-0.05, 0) is 23.8 Å². The van der Waals surface area contributed by atoms with Crippen LogP contribution in [0.3, 0.4) is 0 Å². The number of hydrogen-bond acceptors (Lipinski definition) is 3. The molecule has 1 atom stereocenters. The van der Waals surface area contributed by atoms with E-state index in [1.807, 2.05) is 22.4 Å². The topological polar surface area (TPSA) is 32.3 Å². The highest BCUT2D eigenvalue weighted by Gasteiger charge is 2.28. The van der Waals surface area contributed by atoms with Gasteiger partial charge in [0, 0.05) is 25.7 Å². The van der Waals surface area contributed by atoms with Gasteiger partial charge in [-0.2, -0.15) is 0 Å². The molecule has 0 aliphatic carbocycles. The lowest BCUT2D eigenvalue weighted by molar-refractivity contribution is 0.0615. The Labute approximate surface area is 107 Å². The summed E-state index contributed by atoms with van der Waals surface area (Å²) in [6, 6.07) is 4.21. The fourth-order valence-corrected chi connectivity index (χ4v) is 3.00. The molecule has 1 N–H and O–H groups in total. The van der Waals surface area contributed by atoms with E-state index in [-0.39, 0.29) is 5.91 Å². The third kappa shape index (κ3) is 3.07. The van der Waals surface area contributed by atoms with Gasteiger partial charge in [0.15, 0.2) is 0 Å². The Bertz CT molecular complexity index is 362. The predicted octanol–water partition coefficient (Wildman–Crippen LogP) is 2.21. The van der Waals surface area contributed by atoms with Crippen molar-refractivity contribution in [3.05, 3.63) is 22.4 Å². The van der Waals surface area contributed by atoms with Gasteiger partial charge < -0.3 is 10.2 Å². The molecule has 2 heterocycles. The molecule has 1 aliphatic heterocycles. The Balaban J connectivity index is 2.08. The molecule has 1 fully saturated rings. The highest BCUT2D eigenvalue weighted by molar-refractivity contribution is 7.12. The summed E-state index contributed by atoms with van der Waals surface area (Å²) in [7, 11) is 0. The third-order valence-electron chi connectivity index (χ3n) is 3.09. The quantitative estimate of drug-likeness (QED) is 0.894. The molecule has 1 aliphatic rings. The van der Waals surface area contributed by atoms with E-state index in [0.29, 0.717) is 12.0 Å². The third-order valence-corrected chi connectivity index (χ3v) is 3.94. The number of nitrogens with zero attached hydrogens (tertiary/aromatic N) is 1. The lowest BCUT2D eigenvalue weighted by Gasteiger charge is -2.37. The first-order chi connectivity index (χ1) is 8.18. The maximum atomic E-state index is 12.4. The average Bonchev–Trinajstić information content (AvgIpc) is 2.81. The standard InChI is InChI=1S/C13H20N2OS/c1-10(2)8-11-9-14-5-6-15(11)13(16)12-4-3-7-17-12/h3-4,7,10-11,14H,5-6,8-9H2,1-2H3. The van der Waals surface area contributed by atoms with Crippen LogP contribution in [0.4, 0.5) is 0 Å². The molecule has 17 heavy (non-hydrogen) atoms. The van der Waals surface area contributed by atoms with Gasteiger partial charge in [-0.1, -0.05) is 19.9 Å². The van der Waals surface area contributed by atoms with Gasteiger partial charge in [-0.25, -0.2) is 0 Å². The van der Waals surface area contributed by atoms with Crippen molar-refractivity contribution < 1.29 is 4.79 Å². The maximum Gasteiger partial charge on any atom is 0.264 e. The molecule has 1 saturated heterocycles. The van der Waals surface area contributed by atoms with Gasteiger partial charge in [0.2, 0.25) is 0 Å². The Kier molecular flexibility index (Phi) is 4.18. The predicted molar refractivity (Wildman–Crippen MR) is 71.5 cm³/mol. The number of thiophene rings is 1. The minimum absolute atomic E-state index is 0.201. The molecule has 0 aromatic carbocycles. The van der Waals surface area contributed by atoms with E-state index in [4.69, 9.17) is 0 Å². The second kappa shape index (κ2) is 5.65. The second-order valence-electron chi connectivity index (χ2n) is 4.96. The smallest absolute Gasteiger partial charge is 0.264 e. The van der Waals surface area contributed by atoms with Gasteiger partial charge in [-0.15, -0.1) is 11.3 Å². The van der Waals surface area contributed by atoms with Crippen molar-refractivity contribution in [3.63, 3.8) is 0 Å². The van der Waals surface area contributed by atoms with E-state index in [2.05, 4.69) is 19.2 Å². The van der Waals surface area contributed by atoms with E-state index in [9.17, 15) is 4.79 Å². The number of hydrogen-bond donors (Lipinski definition) is 1. The summed E-state index contributed by atoms with van der Waals surface area (Å²) in [5, 5.41) is 5.35. The van der Waals surface area contributed by atoms with Gasteiger partial charge in [0.25, 0.3) is 5.91 Å². The van der Waals surface area contributed by atoms with Crippen molar-refractivity contribution >= 4 is 17.2 Å². The van der Waals surface area contributed by atoms with Crippen molar-refractivity contribution in [2.75, 3.05) is 19.6 Å². The highest BCUT2D eigenvalue weighted by atomic mass is 32.1. The Hall–Kier alpha value is -0.870. The Morgan fingerprint density at radius 2 is 2.47 bits per heavy atom. The number of amides is 1. The summed E-state index contributed by atoms with van der Waals surface area (Å²) in [5.74, 6) is 0.825. The summed E-state index contributed by atoms with van der Waals surface area (Å²) in [5.41, 5.74) is 0. The van der Waals surface area contributed by atoms with E-state index >= 15 is 0 Å². The van der Waals surface area contributed by atoms with Crippen molar-refractivity contribution in [2.45, 2.75) is 26.3 Å². The second-order valence-corrected chi connectivity index (χ2v) is 5.91. The van der Waals surface area contributed by atoms with E-state index in [1.54, 1.807) is 0 Å². The molecule has 1 aromatic heterocycles. The van der Waals surface area contributed by atoms with Crippen LogP contribution in [-0.4, -0.2) is 36.5 Å². The highest BCUT2D eigenvalue weighted by Crippen LogP contribution is 2.19. The van der Waals surface area contributed by atoms with Crippen LogP contribution in [0.25, 0.3) is 0 Å². The normalized spacial score (nSPS) is 20.9. The van der Waals surface area contributed by atoms with Crippen molar-refractivity contribution in [3.8, 4) is 0 Å². The maximum absolute atomic E-state index is 12.4. The number of rotatable bonds is 3. The number of carbonyl (C=O) groups excluding carboxylic acids is 1. The largest absolute Gasteiger partial charge is 0.332 e. The van der Waals surface area contributed by atoms with Crippen molar-refractivity contribution in [2.24, 2.45) is 5.92 Å². The first kappa shape index (κ1) is 12.6. The van der Waals surface area contributed by atoms with Crippen LogP contribution in [0, 0.1) is 5.92 Å². The summed E-state index contributed by atoms with van der Waals surface area (Å²) in [4.78, 5) is 15.3. The molecular weight excluding hydrogens is 232 g/mol. The van der Waals surface area contributed by atoms with Crippen LogP contribution in [0.1, 0.15) is 29.9 Å². The van der Waals surface area contributed by atoms with Gasteiger partial charge in [-0.3, -0.25) is 4.79 Å². The molecule has 3 nitrogen and oxygen atoms in total. The minimum atomic E-state index is 0.201. The molecular formula is C13H20N2OS. The van der Waals surface area contributed by atoms with E-state index < -0.39 is 0 Å². The first-order valence-electron chi connectivity index (χ1n) is 6.23. The summed E-state index contributed by atoms with van der Waals surface area (Å²) in [6.07, 6.45) is 1.07. The molecule has 1 aromatic rings. The van der Waals surface area contributed by atoms with Gasteiger partial charge in [0.1, 0.15) is 0 Å². The first-order valence-corrected chi connectivity index (χ1v) is 7.11. The van der Waals surface area contributed by atoms with Crippen LogP contribution in [0.15, 0.2) is 17.5 Å². The fourth-order valence-electron chi connectivity index (χ4n) is 2.32. The zero-order chi connectivity index (χ0) is 12.3. The molecule has 1 unspecified atom stereocenters.